The Labute approximate surface area is 89.2 Å². The summed E-state index contributed by atoms with van der Waals surface area (Å²) < 4.78 is 5.30. The second-order valence-electron chi connectivity index (χ2n) is 3.88. The summed E-state index contributed by atoms with van der Waals surface area (Å²) in [5, 5.41) is 0.633. The predicted molar refractivity (Wildman–Crippen MR) is 60.2 cm³/mol. The topological polar surface area (TPSA) is 39.2 Å². The zero-order chi connectivity index (χ0) is 9.80. The van der Waals surface area contributed by atoms with Crippen molar-refractivity contribution in [2.45, 2.75) is 42.7 Å². The summed E-state index contributed by atoms with van der Waals surface area (Å²) in [6.45, 7) is 0. The first-order valence-corrected chi connectivity index (χ1v) is 6.31. The lowest BCUT2D eigenvalue weighted by atomic mass is 9.96. The van der Waals surface area contributed by atoms with Crippen molar-refractivity contribution in [3.05, 3.63) is 24.2 Å². The van der Waals surface area contributed by atoms with E-state index >= 15 is 0 Å². The van der Waals surface area contributed by atoms with E-state index in [9.17, 15) is 0 Å². The third-order valence-electron chi connectivity index (χ3n) is 2.77. The van der Waals surface area contributed by atoms with Gasteiger partial charge in [0.25, 0.3) is 0 Å². The van der Waals surface area contributed by atoms with Gasteiger partial charge in [0, 0.05) is 11.3 Å². The van der Waals surface area contributed by atoms with E-state index in [-0.39, 0.29) is 0 Å². The molecular formula is C11H17NOS. The Bertz CT molecular complexity index is 260. The van der Waals surface area contributed by atoms with Crippen molar-refractivity contribution >= 4 is 11.8 Å². The standard InChI is InChI=1S/C11H17NOS/c12-10-5-1-2-6-11(10)14-8-9-4-3-7-13-9/h3-4,7,10-11H,1-2,5-6,8,12H2. The van der Waals surface area contributed by atoms with Gasteiger partial charge in [-0.25, -0.2) is 0 Å². The average Bonchev–Trinajstić information content (AvgIpc) is 2.69. The number of hydrogen-bond donors (Lipinski definition) is 1. The molecule has 1 aromatic rings. The first-order valence-electron chi connectivity index (χ1n) is 5.26. The molecule has 2 rings (SSSR count). The maximum atomic E-state index is 6.07. The summed E-state index contributed by atoms with van der Waals surface area (Å²) in [5.41, 5.74) is 6.07. The molecule has 1 heterocycles. The Balaban J connectivity index is 1.79. The van der Waals surface area contributed by atoms with Gasteiger partial charge in [-0.3, -0.25) is 0 Å². The Kier molecular flexibility index (Phi) is 3.54. The van der Waals surface area contributed by atoms with Crippen LogP contribution in [0.4, 0.5) is 0 Å². The molecule has 14 heavy (non-hydrogen) atoms. The quantitative estimate of drug-likeness (QED) is 0.835. The fourth-order valence-electron chi connectivity index (χ4n) is 1.92. The number of hydrogen-bond acceptors (Lipinski definition) is 3. The lowest BCUT2D eigenvalue weighted by molar-refractivity contribution is 0.452. The van der Waals surface area contributed by atoms with Gasteiger partial charge in [-0.2, -0.15) is 0 Å². The van der Waals surface area contributed by atoms with Crippen LogP contribution in [0.3, 0.4) is 0 Å². The summed E-state index contributed by atoms with van der Waals surface area (Å²) in [6, 6.07) is 4.36. The van der Waals surface area contributed by atoms with Crippen LogP contribution >= 0.6 is 11.8 Å². The van der Waals surface area contributed by atoms with E-state index in [1.54, 1.807) is 6.26 Å². The fourth-order valence-corrected chi connectivity index (χ4v) is 3.18. The van der Waals surface area contributed by atoms with Crippen LogP contribution in [0.1, 0.15) is 31.4 Å². The van der Waals surface area contributed by atoms with Crippen LogP contribution in [0, 0.1) is 0 Å². The average molecular weight is 211 g/mol. The van der Waals surface area contributed by atoms with Gasteiger partial charge in [0.05, 0.1) is 12.0 Å². The van der Waals surface area contributed by atoms with Crippen molar-refractivity contribution in [2.24, 2.45) is 5.73 Å². The molecule has 0 aliphatic heterocycles. The molecule has 2 N–H and O–H groups in total. The Morgan fingerprint density at radius 3 is 3.00 bits per heavy atom. The smallest absolute Gasteiger partial charge is 0.113 e. The molecule has 2 atom stereocenters. The van der Waals surface area contributed by atoms with Gasteiger partial charge in [-0.1, -0.05) is 12.8 Å². The molecule has 1 saturated carbocycles. The lowest BCUT2D eigenvalue weighted by Crippen LogP contribution is -2.35. The third kappa shape index (κ3) is 2.55. The van der Waals surface area contributed by atoms with E-state index in [1.807, 2.05) is 23.9 Å². The second-order valence-corrected chi connectivity index (χ2v) is 5.10. The van der Waals surface area contributed by atoms with Crippen LogP contribution in [0.15, 0.2) is 22.8 Å². The van der Waals surface area contributed by atoms with Crippen LogP contribution < -0.4 is 5.73 Å². The SMILES string of the molecule is NC1CCCCC1SCc1ccco1. The van der Waals surface area contributed by atoms with Gasteiger partial charge in [0.2, 0.25) is 0 Å². The van der Waals surface area contributed by atoms with E-state index in [0.717, 1.165) is 11.5 Å². The predicted octanol–water partition coefficient (Wildman–Crippen LogP) is 2.78. The third-order valence-corrected chi connectivity index (χ3v) is 4.24. The van der Waals surface area contributed by atoms with Gasteiger partial charge >= 0.3 is 0 Å². The molecule has 1 fully saturated rings. The largest absolute Gasteiger partial charge is 0.468 e. The van der Waals surface area contributed by atoms with E-state index in [2.05, 4.69) is 0 Å². The Morgan fingerprint density at radius 1 is 1.43 bits per heavy atom. The second kappa shape index (κ2) is 4.89. The minimum atomic E-state index is 0.392. The minimum absolute atomic E-state index is 0.392. The first kappa shape index (κ1) is 10.1. The van der Waals surface area contributed by atoms with Gasteiger partial charge in [-0.05, 0) is 25.0 Å². The first-order chi connectivity index (χ1) is 6.86. The molecule has 0 saturated heterocycles. The minimum Gasteiger partial charge on any atom is -0.468 e. The number of rotatable bonds is 3. The summed E-state index contributed by atoms with van der Waals surface area (Å²) >= 11 is 1.94. The van der Waals surface area contributed by atoms with Crippen LogP contribution in [-0.2, 0) is 5.75 Å². The molecule has 1 aliphatic carbocycles. The van der Waals surface area contributed by atoms with Crippen molar-refractivity contribution in [3.63, 3.8) is 0 Å². The van der Waals surface area contributed by atoms with E-state index in [0.29, 0.717) is 11.3 Å². The molecule has 78 valence electrons. The van der Waals surface area contributed by atoms with Crippen LogP contribution in [0.2, 0.25) is 0 Å². The molecule has 2 nitrogen and oxygen atoms in total. The summed E-state index contributed by atoms with van der Waals surface area (Å²) in [5.74, 6) is 2.03. The maximum absolute atomic E-state index is 6.07. The van der Waals surface area contributed by atoms with Gasteiger partial charge < -0.3 is 10.2 Å². The maximum Gasteiger partial charge on any atom is 0.113 e. The monoisotopic (exact) mass is 211 g/mol. The normalized spacial score (nSPS) is 27.8. The molecule has 0 amide bonds. The van der Waals surface area contributed by atoms with Crippen LogP contribution in [-0.4, -0.2) is 11.3 Å². The zero-order valence-electron chi connectivity index (χ0n) is 8.32. The van der Waals surface area contributed by atoms with E-state index < -0.39 is 0 Å². The van der Waals surface area contributed by atoms with Crippen molar-refractivity contribution in [3.8, 4) is 0 Å². The summed E-state index contributed by atoms with van der Waals surface area (Å²) in [7, 11) is 0. The molecule has 0 aromatic carbocycles. The van der Waals surface area contributed by atoms with Gasteiger partial charge in [0.1, 0.15) is 5.76 Å². The van der Waals surface area contributed by atoms with E-state index in [1.165, 1.54) is 25.7 Å². The van der Waals surface area contributed by atoms with Crippen molar-refractivity contribution in [2.75, 3.05) is 0 Å². The molecule has 1 aliphatic rings. The highest BCUT2D eigenvalue weighted by atomic mass is 32.2. The number of furan rings is 1. The number of thioether (sulfide) groups is 1. The van der Waals surface area contributed by atoms with Crippen molar-refractivity contribution in [1.29, 1.82) is 0 Å². The molecular weight excluding hydrogens is 194 g/mol. The van der Waals surface area contributed by atoms with E-state index in [4.69, 9.17) is 10.2 Å². The highest BCUT2D eigenvalue weighted by molar-refractivity contribution is 7.99. The van der Waals surface area contributed by atoms with Crippen LogP contribution in [0.25, 0.3) is 0 Å². The van der Waals surface area contributed by atoms with Crippen molar-refractivity contribution in [1.82, 2.24) is 0 Å². The summed E-state index contributed by atoms with van der Waals surface area (Å²) in [6.07, 6.45) is 6.83. The van der Waals surface area contributed by atoms with Gasteiger partial charge in [-0.15, -0.1) is 11.8 Å². The van der Waals surface area contributed by atoms with Crippen molar-refractivity contribution < 1.29 is 4.42 Å². The zero-order valence-corrected chi connectivity index (χ0v) is 9.13. The highest BCUT2D eigenvalue weighted by Crippen LogP contribution is 2.29. The molecule has 0 bridgehead atoms. The lowest BCUT2D eigenvalue weighted by Gasteiger charge is -2.27. The molecule has 0 radical (unpaired) electrons. The molecule has 3 heteroatoms. The molecule has 1 aromatic heterocycles. The molecule has 2 unspecified atom stereocenters. The Hall–Kier alpha value is -0.410. The number of nitrogens with two attached hydrogens (primary N) is 1. The Morgan fingerprint density at radius 2 is 2.29 bits per heavy atom. The summed E-state index contributed by atoms with van der Waals surface area (Å²) in [4.78, 5) is 0. The van der Waals surface area contributed by atoms with Crippen LogP contribution in [0.5, 0.6) is 0 Å². The highest BCUT2D eigenvalue weighted by Gasteiger charge is 2.22. The fraction of sp³-hybridized carbons (Fsp3) is 0.636. The van der Waals surface area contributed by atoms with Gasteiger partial charge in [0.15, 0.2) is 0 Å². The molecule has 0 spiro atoms.